The molecule has 0 saturated carbocycles. The molecule has 23 heavy (non-hydrogen) atoms. The molecule has 0 bridgehead atoms. The summed E-state index contributed by atoms with van der Waals surface area (Å²) in [7, 11) is 0. The van der Waals surface area contributed by atoms with Crippen molar-refractivity contribution in [2.45, 2.75) is 18.8 Å². The zero-order valence-corrected chi connectivity index (χ0v) is 12.8. The van der Waals surface area contributed by atoms with Gasteiger partial charge in [-0.1, -0.05) is 30.3 Å². The topological polar surface area (TPSA) is 73.6 Å². The Kier molecular flexibility index (Phi) is 4.90. The van der Waals surface area contributed by atoms with Gasteiger partial charge in [-0.3, -0.25) is 4.79 Å². The van der Waals surface area contributed by atoms with Gasteiger partial charge >= 0.3 is 0 Å². The zero-order valence-electron chi connectivity index (χ0n) is 12.8. The summed E-state index contributed by atoms with van der Waals surface area (Å²) < 4.78 is 11.5. The van der Waals surface area contributed by atoms with E-state index in [1.54, 1.807) is 12.1 Å². The molecule has 120 valence electrons. The Balaban J connectivity index is 1.58. The van der Waals surface area contributed by atoms with Crippen LogP contribution in [0.2, 0.25) is 0 Å². The van der Waals surface area contributed by atoms with E-state index >= 15 is 0 Å². The van der Waals surface area contributed by atoms with E-state index in [-0.39, 0.29) is 11.9 Å². The number of carbonyl (C=O) groups is 1. The lowest BCUT2D eigenvalue weighted by Crippen LogP contribution is -2.38. The van der Waals surface area contributed by atoms with Gasteiger partial charge in [0.1, 0.15) is 0 Å². The fourth-order valence-electron chi connectivity index (χ4n) is 2.47. The van der Waals surface area contributed by atoms with E-state index in [4.69, 9.17) is 15.2 Å². The maximum absolute atomic E-state index is 12.2. The van der Waals surface area contributed by atoms with E-state index in [9.17, 15) is 4.79 Å². The highest BCUT2D eigenvalue weighted by Crippen LogP contribution is 2.23. The van der Waals surface area contributed by atoms with E-state index in [1.165, 1.54) is 0 Å². The third kappa shape index (κ3) is 4.09. The minimum atomic E-state index is -0.422. The zero-order chi connectivity index (χ0) is 16.1. The molecular formula is C18H20N2O3. The maximum Gasteiger partial charge on any atom is 0.251 e. The van der Waals surface area contributed by atoms with Crippen LogP contribution < -0.4 is 11.1 Å². The van der Waals surface area contributed by atoms with E-state index in [1.807, 2.05) is 42.5 Å². The van der Waals surface area contributed by atoms with Crippen LogP contribution in [0.4, 0.5) is 5.69 Å². The molecule has 1 aliphatic heterocycles. The van der Waals surface area contributed by atoms with Crippen LogP contribution in [0.3, 0.4) is 0 Å². The summed E-state index contributed by atoms with van der Waals surface area (Å²) in [6.45, 7) is 0.933. The number of hydrogen-bond acceptors (Lipinski definition) is 4. The van der Waals surface area contributed by atoms with Crippen molar-refractivity contribution in [3.63, 3.8) is 0 Å². The molecule has 0 radical (unpaired) electrons. The van der Waals surface area contributed by atoms with E-state index in [0.29, 0.717) is 30.9 Å². The third-order valence-electron chi connectivity index (χ3n) is 3.76. The van der Waals surface area contributed by atoms with Gasteiger partial charge in [-0.05, 0) is 30.7 Å². The predicted octanol–water partition coefficient (Wildman–Crippen LogP) is 2.50. The molecule has 5 nitrogen and oxygen atoms in total. The van der Waals surface area contributed by atoms with Crippen LogP contribution in [0.15, 0.2) is 54.6 Å². The molecule has 0 unspecified atom stereocenters. The van der Waals surface area contributed by atoms with Crippen molar-refractivity contribution in [3.05, 3.63) is 65.7 Å². The fourth-order valence-corrected chi connectivity index (χ4v) is 2.47. The van der Waals surface area contributed by atoms with Crippen LogP contribution in [0, 0.1) is 0 Å². The number of rotatable bonds is 3. The van der Waals surface area contributed by atoms with Gasteiger partial charge in [0, 0.05) is 16.8 Å². The molecule has 1 fully saturated rings. The average molecular weight is 312 g/mol. The molecule has 2 atom stereocenters. The van der Waals surface area contributed by atoms with Crippen LogP contribution in [0.25, 0.3) is 0 Å². The highest BCUT2D eigenvalue weighted by Gasteiger charge is 2.22. The summed E-state index contributed by atoms with van der Waals surface area (Å²) in [6.07, 6.45) is 0.290. The van der Waals surface area contributed by atoms with Crippen LogP contribution in [0.1, 0.15) is 28.6 Å². The minimum absolute atomic E-state index is 0.0681. The number of anilines is 1. The standard InChI is InChI=1S/C18H20N2O3/c19-15-8-6-14(7-9-15)18-22-11-10-16(12-23-18)20-17(21)13-4-2-1-3-5-13/h1-9,16,18H,10-12,19H2,(H,20,21)/t16-,18-/m0/s1. The van der Waals surface area contributed by atoms with Gasteiger partial charge in [0.25, 0.3) is 5.91 Å². The number of nitrogen functional groups attached to an aromatic ring is 1. The molecule has 3 rings (SSSR count). The first-order valence-corrected chi connectivity index (χ1v) is 7.67. The predicted molar refractivity (Wildman–Crippen MR) is 87.8 cm³/mol. The Labute approximate surface area is 135 Å². The van der Waals surface area contributed by atoms with Gasteiger partial charge < -0.3 is 20.5 Å². The van der Waals surface area contributed by atoms with Crippen molar-refractivity contribution in [1.29, 1.82) is 0 Å². The van der Waals surface area contributed by atoms with Gasteiger partial charge in [-0.15, -0.1) is 0 Å². The summed E-state index contributed by atoms with van der Waals surface area (Å²) >= 11 is 0. The average Bonchev–Trinajstić information content (AvgIpc) is 2.82. The molecule has 1 amide bonds. The van der Waals surface area contributed by atoms with Crippen molar-refractivity contribution >= 4 is 11.6 Å². The van der Waals surface area contributed by atoms with Crippen molar-refractivity contribution in [3.8, 4) is 0 Å². The minimum Gasteiger partial charge on any atom is -0.399 e. The monoisotopic (exact) mass is 312 g/mol. The molecule has 2 aromatic rings. The molecule has 1 heterocycles. The smallest absolute Gasteiger partial charge is 0.251 e. The number of ether oxygens (including phenoxy) is 2. The van der Waals surface area contributed by atoms with Crippen LogP contribution >= 0.6 is 0 Å². The summed E-state index contributed by atoms with van der Waals surface area (Å²) in [5.74, 6) is -0.0925. The molecule has 0 aliphatic carbocycles. The summed E-state index contributed by atoms with van der Waals surface area (Å²) in [5.41, 5.74) is 7.97. The highest BCUT2D eigenvalue weighted by atomic mass is 16.7. The number of benzene rings is 2. The van der Waals surface area contributed by atoms with E-state index in [2.05, 4.69) is 5.32 Å². The van der Waals surface area contributed by atoms with Crippen LogP contribution in [-0.2, 0) is 9.47 Å². The van der Waals surface area contributed by atoms with Crippen molar-refractivity contribution < 1.29 is 14.3 Å². The Morgan fingerprint density at radius 1 is 1.04 bits per heavy atom. The maximum atomic E-state index is 12.2. The van der Waals surface area contributed by atoms with Crippen molar-refractivity contribution in [1.82, 2.24) is 5.32 Å². The Morgan fingerprint density at radius 2 is 1.78 bits per heavy atom. The lowest BCUT2D eigenvalue weighted by molar-refractivity contribution is -0.131. The first kappa shape index (κ1) is 15.5. The van der Waals surface area contributed by atoms with E-state index < -0.39 is 6.29 Å². The molecule has 3 N–H and O–H groups in total. The van der Waals surface area contributed by atoms with Gasteiger partial charge in [0.15, 0.2) is 6.29 Å². The number of nitrogens with one attached hydrogen (secondary N) is 1. The lowest BCUT2D eigenvalue weighted by atomic mass is 10.1. The van der Waals surface area contributed by atoms with Crippen LogP contribution in [-0.4, -0.2) is 25.2 Å². The molecule has 2 aromatic carbocycles. The molecule has 5 heteroatoms. The normalized spacial score (nSPS) is 21.4. The largest absolute Gasteiger partial charge is 0.399 e. The fraction of sp³-hybridized carbons (Fsp3) is 0.278. The second-order valence-electron chi connectivity index (χ2n) is 5.53. The van der Waals surface area contributed by atoms with Gasteiger partial charge in [-0.2, -0.15) is 0 Å². The first-order chi connectivity index (χ1) is 11.2. The van der Waals surface area contributed by atoms with Gasteiger partial charge in [0.2, 0.25) is 0 Å². The third-order valence-corrected chi connectivity index (χ3v) is 3.76. The van der Waals surface area contributed by atoms with Crippen molar-refractivity contribution in [2.24, 2.45) is 0 Å². The summed E-state index contributed by atoms with van der Waals surface area (Å²) in [6, 6.07) is 16.5. The van der Waals surface area contributed by atoms with Crippen LogP contribution in [0.5, 0.6) is 0 Å². The quantitative estimate of drug-likeness (QED) is 0.854. The number of amides is 1. The second-order valence-corrected chi connectivity index (χ2v) is 5.53. The lowest BCUT2D eigenvalue weighted by Gasteiger charge is -2.17. The summed E-state index contributed by atoms with van der Waals surface area (Å²) in [5, 5.41) is 2.99. The van der Waals surface area contributed by atoms with Gasteiger partial charge in [0.05, 0.1) is 19.3 Å². The number of hydrogen-bond donors (Lipinski definition) is 2. The summed E-state index contributed by atoms with van der Waals surface area (Å²) in [4.78, 5) is 12.2. The van der Waals surface area contributed by atoms with E-state index in [0.717, 1.165) is 5.56 Å². The molecule has 0 aromatic heterocycles. The molecule has 1 saturated heterocycles. The molecule has 1 aliphatic rings. The first-order valence-electron chi connectivity index (χ1n) is 7.67. The highest BCUT2D eigenvalue weighted by molar-refractivity contribution is 5.94. The second kappa shape index (κ2) is 7.26. The number of nitrogens with two attached hydrogens (primary N) is 1. The Hall–Kier alpha value is -2.37. The van der Waals surface area contributed by atoms with Crippen molar-refractivity contribution in [2.75, 3.05) is 18.9 Å². The Bertz CT molecular complexity index is 643. The Morgan fingerprint density at radius 3 is 2.52 bits per heavy atom. The SMILES string of the molecule is Nc1ccc([C@H]2OCC[C@H](NC(=O)c3ccccc3)CO2)cc1. The molecule has 0 spiro atoms. The number of carbonyl (C=O) groups excluding carboxylic acids is 1. The van der Waals surface area contributed by atoms with Gasteiger partial charge in [-0.25, -0.2) is 0 Å². The molecular weight excluding hydrogens is 292 g/mol.